The molecule has 104 valence electrons. The van der Waals surface area contributed by atoms with Crippen LogP contribution in [0.3, 0.4) is 0 Å². The van der Waals surface area contributed by atoms with Crippen LogP contribution in [0.15, 0.2) is 40.9 Å². The summed E-state index contributed by atoms with van der Waals surface area (Å²) in [5.74, 6) is 0.406. The average Bonchev–Trinajstić information content (AvgIpc) is 2.44. The van der Waals surface area contributed by atoms with E-state index in [2.05, 4.69) is 21.2 Å². The van der Waals surface area contributed by atoms with Gasteiger partial charge >= 0.3 is 0 Å². The highest BCUT2D eigenvalue weighted by Gasteiger charge is 2.13. The molecule has 0 aromatic heterocycles. The van der Waals surface area contributed by atoms with E-state index in [0.717, 1.165) is 10.0 Å². The number of nitrogens with one attached hydrogen (secondary N) is 1. The van der Waals surface area contributed by atoms with Gasteiger partial charge in [0.25, 0.3) is 5.91 Å². The second-order valence-corrected chi connectivity index (χ2v) is 5.44. The van der Waals surface area contributed by atoms with Gasteiger partial charge in [0.05, 0.1) is 23.4 Å². The highest BCUT2D eigenvalue weighted by atomic mass is 79.9. The molecule has 20 heavy (non-hydrogen) atoms. The van der Waals surface area contributed by atoms with E-state index < -0.39 is 0 Å². The zero-order chi connectivity index (χ0) is 14.7. The van der Waals surface area contributed by atoms with Gasteiger partial charge in [-0.2, -0.15) is 0 Å². The van der Waals surface area contributed by atoms with Crippen LogP contribution in [0.25, 0.3) is 0 Å². The lowest BCUT2D eigenvalue weighted by Gasteiger charge is -2.11. The van der Waals surface area contributed by atoms with Gasteiger partial charge in [-0.25, -0.2) is 0 Å². The number of ether oxygens (including phenoxy) is 1. The Kier molecular flexibility index (Phi) is 4.68. The minimum Gasteiger partial charge on any atom is -0.497 e. The molecule has 0 fully saturated rings. The van der Waals surface area contributed by atoms with E-state index in [1.165, 1.54) is 0 Å². The summed E-state index contributed by atoms with van der Waals surface area (Å²) in [5.41, 5.74) is 2.07. The van der Waals surface area contributed by atoms with Crippen LogP contribution in [-0.4, -0.2) is 13.0 Å². The van der Waals surface area contributed by atoms with E-state index in [9.17, 15) is 4.79 Å². The predicted molar refractivity (Wildman–Crippen MR) is 84.8 cm³/mol. The maximum atomic E-state index is 12.3. The number of hydrogen-bond donors (Lipinski definition) is 1. The van der Waals surface area contributed by atoms with Crippen molar-refractivity contribution in [2.75, 3.05) is 12.4 Å². The topological polar surface area (TPSA) is 38.3 Å². The highest BCUT2D eigenvalue weighted by Crippen LogP contribution is 2.28. The fraction of sp³-hybridized carbons (Fsp3) is 0.133. The molecule has 1 N–H and O–H groups in total. The van der Waals surface area contributed by atoms with E-state index in [-0.39, 0.29) is 5.91 Å². The summed E-state index contributed by atoms with van der Waals surface area (Å²) in [5, 5.41) is 3.25. The van der Waals surface area contributed by atoms with Crippen LogP contribution in [0.4, 0.5) is 5.69 Å². The second-order valence-electron chi connectivity index (χ2n) is 4.24. The fourth-order valence-corrected chi connectivity index (χ4v) is 2.35. The highest BCUT2D eigenvalue weighted by molar-refractivity contribution is 9.10. The first-order chi connectivity index (χ1) is 9.52. The standard InChI is InChI=1S/C15H13BrClNO2/c1-9-4-3-5-11(14(9)16)15(19)18-13-8-10(20-2)6-7-12(13)17/h3-8H,1-2H3,(H,18,19). The fourth-order valence-electron chi connectivity index (χ4n) is 1.74. The largest absolute Gasteiger partial charge is 0.497 e. The van der Waals surface area contributed by atoms with Crippen LogP contribution >= 0.6 is 27.5 Å². The third kappa shape index (κ3) is 3.14. The molecule has 0 atom stereocenters. The Morgan fingerprint density at radius 2 is 2.05 bits per heavy atom. The monoisotopic (exact) mass is 353 g/mol. The van der Waals surface area contributed by atoms with Crippen LogP contribution in [0.2, 0.25) is 5.02 Å². The lowest BCUT2D eigenvalue weighted by molar-refractivity contribution is 0.102. The molecule has 0 radical (unpaired) electrons. The maximum absolute atomic E-state index is 12.3. The molecule has 2 rings (SSSR count). The van der Waals surface area contributed by atoms with E-state index in [0.29, 0.717) is 22.0 Å². The minimum absolute atomic E-state index is 0.226. The zero-order valence-electron chi connectivity index (χ0n) is 11.0. The van der Waals surface area contributed by atoms with Gasteiger partial charge in [-0.15, -0.1) is 0 Å². The summed E-state index contributed by atoms with van der Waals surface area (Å²) in [6, 6.07) is 10.6. The average molecular weight is 355 g/mol. The smallest absolute Gasteiger partial charge is 0.256 e. The van der Waals surface area contributed by atoms with Crippen molar-refractivity contribution in [2.24, 2.45) is 0 Å². The van der Waals surface area contributed by atoms with Crippen LogP contribution in [0.1, 0.15) is 15.9 Å². The molecule has 0 aliphatic carbocycles. The molecule has 5 heteroatoms. The molecule has 1 amide bonds. The number of rotatable bonds is 3. The van der Waals surface area contributed by atoms with E-state index >= 15 is 0 Å². The van der Waals surface area contributed by atoms with Gasteiger partial charge in [-0.05, 0) is 46.6 Å². The number of carbonyl (C=O) groups is 1. The number of methoxy groups -OCH3 is 1. The number of amides is 1. The number of aryl methyl sites for hydroxylation is 1. The molecule has 2 aromatic carbocycles. The van der Waals surface area contributed by atoms with Gasteiger partial charge in [0.1, 0.15) is 5.75 Å². The predicted octanol–water partition coefficient (Wildman–Crippen LogP) is 4.67. The van der Waals surface area contributed by atoms with Crippen LogP contribution < -0.4 is 10.1 Å². The van der Waals surface area contributed by atoms with Gasteiger partial charge in [0.15, 0.2) is 0 Å². The van der Waals surface area contributed by atoms with Crippen molar-refractivity contribution in [1.82, 2.24) is 0 Å². The normalized spacial score (nSPS) is 10.2. The van der Waals surface area contributed by atoms with Gasteiger partial charge < -0.3 is 10.1 Å². The lowest BCUT2D eigenvalue weighted by Crippen LogP contribution is -2.13. The quantitative estimate of drug-likeness (QED) is 0.869. The Balaban J connectivity index is 2.30. The molecule has 0 unspecified atom stereocenters. The Morgan fingerprint density at radius 3 is 2.75 bits per heavy atom. The Morgan fingerprint density at radius 1 is 1.30 bits per heavy atom. The molecule has 0 saturated carbocycles. The third-order valence-corrected chi connectivity index (χ3v) is 4.24. The van der Waals surface area contributed by atoms with E-state index in [1.54, 1.807) is 31.4 Å². The summed E-state index contributed by atoms with van der Waals surface area (Å²) < 4.78 is 5.90. The number of anilines is 1. The van der Waals surface area contributed by atoms with Crippen molar-refractivity contribution in [3.63, 3.8) is 0 Å². The maximum Gasteiger partial charge on any atom is 0.256 e. The summed E-state index contributed by atoms with van der Waals surface area (Å²) in [6.45, 7) is 1.93. The molecule has 2 aromatic rings. The molecule has 3 nitrogen and oxygen atoms in total. The SMILES string of the molecule is COc1ccc(Cl)c(NC(=O)c2cccc(C)c2Br)c1. The van der Waals surface area contributed by atoms with E-state index in [4.69, 9.17) is 16.3 Å². The first-order valence-electron chi connectivity index (χ1n) is 5.93. The van der Waals surface area contributed by atoms with Crippen molar-refractivity contribution >= 4 is 39.1 Å². The molecular weight excluding hydrogens is 342 g/mol. The lowest BCUT2D eigenvalue weighted by atomic mass is 10.1. The van der Waals surface area contributed by atoms with Gasteiger partial charge in [-0.1, -0.05) is 23.7 Å². The van der Waals surface area contributed by atoms with Crippen LogP contribution in [0.5, 0.6) is 5.75 Å². The number of hydrogen-bond acceptors (Lipinski definition) is 2. The van der Waals surface area contributed by atoms with Crippen molar-refractivity contribution in [3.05, 3.63) is 57.0 Å². The summed E-state index contributed by atoms with van der Waals surface area (Å²) in [4.78, 5) is 12.3. The molecular formula is C15H13BrClNO2. The van der Waals surface area contributed by atoms with Gasteiger partial charge in [-0.3, -0.25) is 4.79 Å². The molecule has 0 bridgehead atoms. The molecule has 0 aliphatic rings. The Labute approximate surface area is 131 Å². The summed E-state index contributed by atoms with van der Waals surface area (Å²) in [7, 11) is 1.56. The summed E-state index contributed by atoms with van der Waals surface area (Å²) in [6.07, 6.45) is 0. The first-order valence-corrected chi connectivity index (χ1v) is 7.10. The number of carbonyl (C=O) groups excluding carboxylic acids is 1. The minimum atomic E-state index is -0.226. The number of benzene rings is 2. The van der Waals surface area contributed by atoms with Crippen molar-refractivity contribution < 1.29 is 9.53 Å². The van der Waals surface area contributed by atoms with Crippen molar-refractivity contribution in [2.45, 2.75) is 6.92 Å². The molecule has 0 saturated heterocycles. The first kappa shape index (κ1) is 14.9. The molecule has 0 spiro atoms. The molecule has 0 heterocycles. The number of halogens is 2. The zero-order valence-corrected chi connectivity index (χ0v) is 13.4. The van der Waals surface area contributed by atoms with Crippen LogP contribution in [-0.2, 0) is 0 Å². The molecule has 0 aliphatic heterocycles. The van der Waals surface area contributed by atoms with Crippen LogP contribution in [0, 0.1) is 6.92 Å². The second kappa shape index (κ2) is 6.29. The Bertz CT molecular complexity index is 658. The van der Waals surface area contributed by atoms with Crippen molar-refractivity contribution in [1.29, 1.82) is 0 Å². The van der Waals surface area contributed by atoms with Gasteiger partial charge in [0, 0.05) is 10.5 Å². The van der Waals surface area contributed by atoms with Gasteiger partial charge in [0.2, 0.25) is 0 Å². The Hall–Kier alpha value is -1.52. The van der Waals surface area contributed by atoms with Crippen molar-refractivity contribution in [3.8, 4) is 5.75 Å². The van der Waals surface area contributed by atoms with E-state index in [1.807, 2.05) is 19.1 Å². The third-order valence-electron chi connectivity index (χ3n) is 2.86. The summed E-state index contributed by atoms with van der Waals surface area (Å²) >= 11 is 9.50.